The third-order valence-corrected chi connectivity index (χ3v) is 5.43. The number of halogens is 2. The molecule has 0 aromatic heterocycles. The summed E-state index contributed by atoms with van der Waals surface area (Å²) in [7, 11) is 0. The second-order valence-corrected chi connectivity index (χ2v) is 8.47. The summed E-state index contributed by atoms with van der Waals surface area (Å²) >= 11 is 0. The van der Waals surface area contributed by atoms with Gasteiger partial charge in [-0.1, -0.05) is 17.9 Å². The zero-order valence-electron chi connectivity index (χ0n) is 20.8. The van der Waals surface area contributed by atoms with Gasteiger partial charge in [-0.05, 0) is 73.2 Å². The monoisotopic (exact) mass is 536 g/mol. The highest BCUT2D eigenvalue weighted by Gasteiger charge is 2.25. The van der Waals surface area contributed by atoms with Crippen LogP contribution >= 0.6 is 0 Å². The molecule has 2 unspecified atom stereocenters. The van der Waals surface area contributed by atoms with E-state index in [1.54, 1.807) is 36.4 Å². The third kappa shape index (κ3) is 8.72. The van der Waals surface area contributed by atoms with Gasteiger partial charge in [-0.3, -0.25) is 19.6 Å². The molecule has 0 aliphatic rings. The lowest BCUT2D eigenvalue weighted by atomic mass is 10.1. The quantitative estimate of drug-likeness (QED) is 0.141. The van der Waals surface area contributed by atoms with Gasteiger partial charge in [-0.25, -0.2) is 14.3 Å². The van der Waals surface area contributed by atoms with E-state index in [9.17, 15) is 28.3 Å². The van der Waals surface area contributed by atoms with Gasteiger partial charge in [-0.2, -0.15) is 0 Å². The van der Waals surface area contributed by atoms with Crippen LogP contribution < -0.4 is 21.4 Å². The number of hydrogen-bond donors (Lipinski definition) is 6. The van der Waals surface area contributed by atoms with Crippen molar-refractivity contribution >= 4 is 23.4 Å². The van der Waals surface area contributed by atoms with E-state index in [0.717, 1.165) is 12.1 Å². The average Bonchev–Trinajstić information content (AvgIpc) is 2.93. The molecule has 0 bridgehead atoms. The third-order valence-electron chi connectivity index (χ3n) is 5.43. The van der Waals surface area contributed by atoms with E-state index < -0.39 is 35.6 Å². The largest absolute Gasteiger partial charge is 0.391 e. The summed E-state index contributed by atoms with van der Waals surface area (Å²) in [4.78, 5) is 36.1. The van der Waals surface area contributed by atoms with Gasteiger partial charge >= 0.3 is 0 Å². The average molecular weight is 537 g/mol. The molecule has 3 amide bonds. The number of aliphatic hydroxyl groups is 1. The summed E-state index contributed by atoms with van der Waals surface area (Å²) in [5, 5.41) is 26.3. The van der Waals surface area contributed by atoms with Crippen molar-refractivity contribution in [2.24, 2.45) is 0 Å². The predicted octanol–water partition coefficient (Wildman–Crippen LogP) is 2.08. The Morgan fingerprint density at radius 2 is 1.51 bits per heavy atom. The molecular weight excluding hydrogens is 510 g/mol. The summed E-state index contributed by atoms with van der Waals surface area (Å²) in [6.45, 7) is 1.48. The van der Waals surface area contributed by atoms with E-state index in [1.165, 1.54) is 30.6 Å². The van der Waals surface area contributed by atoms with Gasteiger partial charge in [0.1, 0.15) is 6.04 Å². The zero-order chi connectivity index (χ0) is 28.4. The summed E-state index contributed by atoms with van der Waals surface area (Å²) in [6, 6.07) is 15.3. The zero-order valence-corrected chi connectivity index (χ0v) is 20.8. The molecule has 0 aliphatic carbocycles. The van der Waals surface area contributed by atoms with Gasteiger partial charge in [-0.15, -0.1) is 0 Å². The van der Waals surface area contributed by atoms with Gasteiger partial charge in [0.2, 0.25) is 5.91 Å². The SMILES string of the molecule is CC(O)C(NC(=O)c1ccc(C#Cc2ccc(NC(=O)CNCc3ccc(F)c(F)c3)cc2)cc1)C(=O)NO. The molecule has 0 fully saturated rings. The number of carbonyl (C=O) groups is 3. The molecule has 202 valence electrons. The van der Waals surface area contributed by atoms with Crippen LogP contribution in [0, 0.1) is 23.5 Å². The smallest absolute Gasteiger partial charge is 0.268 e. The van der Waals surface area contributed by atoms with Gasteiger partial charge in [0.15, 0.2) is 11.6 Å². The van der Waals surface area contributed by atoms with Gasteiger partial charge in [0.25, 0.3) is 11.8 Å². The lowest BCUT2D eigenvalue weighted by Gasteiger charge is -2.19. The molecule has 39 heavy (non-hydrogen) atoms. The fourth-order valence-electron chi connectivity index (χ4n) is 3.36. The van der Waals surface area contributed by atoms with Crippen LogP contribution in [-0.4, -0.2) is 46.7 Å². The summed E-state index contributed by atoms with van der Waals surface area (Å²) in [5.74, 6) is 2.20. The number of benzene rings is 3. The number of carbonyl (C=O) groups excluding carboxylic acids is 3. The number of amides is 3. The van der Waals surface area contributed by atoms with Gasteiger partial charge in [0, 0.05) is 28.9 Å². The second-order valence-electron chi connectivity index (χ2n) is 8.47. The number of anilines is 1. The van der Waals surface area contributed by atoms with E-state index in [1.807, 2.05) is 0 Å². The first-order chi connectivity index (χ1) is 18.7. The van der Waals surface area contributed by atoms with Crippen molar-refractivity contribution in [2.45, 2.75) is 25.6 Å². The molecule has 0 heterocycles. The molecule has 3 aromatic rings. The molecule has 9 nitrogen and oxygen atoms in total. The highest BCUT2D eigenvalue weighted by Crippen LogP contribution is 2.11. The lowest BCUT2D eigenvalue weighted by molar-refractivity contribution is -0.133. The molecule has 0 saturated carbocycles. The van der Waals surface area contributed by atoms with Crippen molar-refractivity contribution in [1.82, 2.24) is 16.1 Å². The minimum atomic E-state index is -1.32. The van der Waals surface area contributed by atoms with Gasteiger partial charge in [0.05, 0.1) is 12.6 Å². The highest BCUT2D eigenvalue weighted by atomic mass is 19.2. The Hall–Kier alpha value is -4.63. The highest BCUT2D eigenvalue weighted by molar-refractivity contribution is 5.97. The number of hydroxylamine groups is 1. The van der Waals surface area contributed by atoms with Crippen molar-refractivity contribution in [3.05, 3.63) is 101 Å². The Morgan fingerprint density at radius 3 is 2.08 bits per heavy atom. The molecule has 3 rings (SSSR count). The lowest BCUT2D eigenvalue weighted by Crippen LogP contribution is -2.51. The molecule has 3 aromatic carbocycles. The minimum absolute atomic E-state index is 0.0249. The topological polar surface area (TPSA) is 140 Å². The maximum absolute atomic E-state index is 13.2. The van der Waals surface area contributed by atoms with Crippen LogP contribution in [0.2, 0.25) is 0 Å². The maximum Gasteiger partial charge on any atom is 0.268 e. The summed E-state index contributed by atoms with van der Waals surface area (Å²) in [6.07, 6.45) is -1.22. The van der Waals surface area contributed by atoms with E-state index >= 15 is 0 Å². The molecule has 0 spiro atoms. The van der Waals surface area contributed by atoms with Crippen molar-refractivity contribution in [1.29, 1.82) is 0 Å². The van der Waals surface area contributed by atoms with Crippen LogP contribution in [0.15, 0.2) is 66.7 Å². The van der Waals surface area contributed by atoms with Gasteiger partial charge < -0.3 is 21.1 Å². The summed E-state index contributed by atoms with van der Waals surface area (Å²) in [5.41, 5.74) is 4.00. The molecule has 11 heteroatoms. The van der Waals surface area contributed by atoms with Crippen LogP contribution in [0.4, 0.5) is 14.5 Å². The number of aliphatic hydroxyl groups excluding tert-OH is 1. The Kier molecular flexibility index (Phi) is 10.2. The predicted molar refractivity (Wildman–Crippen MR) is 138 cm³/mol. The summed E-state index contributed by atoms with van der Waals surface area (Å²) < 4.78 is 26.2. The number of rotatable bonds is 9. The first-order valence-corrected chi connectivity index (χ1v) is 11.8. The number of nitrogens with one attached hydrogen (secondary N) is 4. The van der Waals surface area contributed by atoms with E-state index in [4.69, 9.17) is 5.21 Å². The second kappa shape index (κ2) is 13.8. The molecule has 2 atom stereocenters. The Bertz CT molecular complexity index is 1380. The Labute approximate surface area is 223 Å². The van der Waals surface area contributed by atoms with Crippen molar-refractivity contribution in [2.75, 3.05) is 11.9 Å². The fraction of sp³-hybridized carbons (Fsp3) is 0.179. The molecule has 6 N–H and O–H groups in total. The molecule has 0 saturated heterocycles. The van der Waals surface area contributed by atoms with Crippen molar-refractivity contribution in [3.8, 4) is 11.8 Å². The molecule has 0 radical (unpaired) electrons. The molecule has 0 aliphatic heterocycles. The Morgan fingerprint density at radius 1 is 0.897 bits per heavy atom. The van der Waals surface area contributed by atoms with Crippen LogP contribution in [0.3, 0.4) is 0 Å². The standard InChI is InChI=1S/C28H26F2N4O5/c1-17(35)26(28(38)34-39)33-27(37)21-9-4-18(5-10-21)2-3-19-6-11-22(12-7-19)32-25(36)16-31-15-20-8-13-23(29)24(30)14-20/h4-14,17,26,31,35,39H,15-16H2,1H3,(H,32,36)(H,33,37)(H,34,38). The normalized spacial score (nSPS) is 11.9. The first-order valence-electron chi connectivity index (χ1n) is 11.8. The maximum atomic E-state index is 13.2. The van der Waals surface area contributed by atoms with E-state index in [0.29, 0.717) is 22.4 Å². The van der Waals surface area contributed by atoms with Crippen molar-refractivity contribution in [3.63, 3.8) is 0 Å². The van der Waals surface area contributed by atoms with Crippen LogP contribution in [-0.2, 0) is 16.1 Å². The van der Waals surface area contributed by atoms with E-state index in [2.05, 4.69) is 27.8 Å². The van der Waals surface area contributed by atoms with Crippen LogP contribution in [0.5, 0.6) is 0 Å². The Balaban J connectivity index is 1.50. The fourth-order valence-corrected chi connectivity index (χ4v) is 3.36. The van der Waals surface area contributed by atoms with Crippen molar-refractivity contribution < 1.29 is 33.5 Å². The minimum Gasteiger partial charge on any atom is -0.391 e. The van der Waals surface area contributed by atoms with Crippen LogP contribution in [0.1, 0.15) is 34.0 Å². The first kappa shape index (κ1) is 28.9. The van der Waals surface area contributed by atoms with E-state index in [-0.39, 0.29) is 24.6 Å². The number of hydrogen-bond acceptors (Lipinski definition) is 6. The van der Waals surface area contributed by atoms with Crippen LogP contribution in [0.25, 0.3) is 0 Å². The molecular formula is C28H26F2N4O5.